The van der Waals surface area contributed by atoms with Crippen LogP contribution in [0.15, 0.2) is 0 Å². The van der Waals surface area contributed by atoms with Gasteiger partial charge in [-0.1, -0.05) is 65.2 Å². The number of quaternary nitrogens is 2. The van der Waals surface area contributed by atoms with Crippen molar-refractivity contribution in [2.24, 2.45) is 0 Å². The zero-order chi connectivity index (χ0) is 22.9. The lowest BCUT2D eigenvalue weighted by molar-refractivity contribution is -0.955. The first-order chi connectivity index (χ1) is 14.0. The molecule has 0 saturated heterocycles. The minimum Gasteiger partial charge on any atom is -0.324 e. The second-order valence-electron chi connectivity index (χ2n) is 10.3. The fourth-order valence-electron chi connectivity index (χ4n) is 4.18. The minimum atomic E-state index is -3.86. The van der Waals surface area contributed by atoms with E-state index in [1.165, 1.54) is 83.6 Å². The molecule has 0 aromatic carbocycles. The van der Waals surface area contributed by atoms with Gasteiger partial charge in [-0.3, -0.25) is 4.55 Å². The molecule has 5 nitrogen and oxygen atoms in total. The highest BCUT2D eigenvalue weighted by atomic mass is 32.2. The average molecular weight is 451 g/mol. The van der Waals surface area contributed by atoms with Crippen LogP contribution in [0.4, 0.5) is 0 Å². The van der Waals surface area contributed by atoms with Crippen LogP contribution in [-0.4, -0.2) is 81.6 Å². The summed E-state index contributed by atoms with van der Waals surface area (Å²) in [5.74, 6) is -0.118. The van der Waals surface area contributed by atoms with Gasteiger partial charge in [0.15, 0.2) is 0 Å². The molecule has 0 spiro atoms. The topological polar surface area (TPSA) is 54.4 Å². The molecule has 6 heteroatoms. The lowest BCUT2D eigenvalue weighted by Crippen LogP contribution is -2.54. The summed E-state index contributed by atoms with van der Waals surface area (Å²) in [5.41, 5.74) is 0. The number of hydrogen-bond acceptors (Lipinski definition) is 2. The van der Waals surface area contributed by atoms with Crippen LogP contribution >= 0.6 is 0 Å². The Labute approximate surface area is 189 Å². The van der Waals surface area contributed by atoms with Crippen molar-refractivity contribution in [3.05, 3.63) is 0 Å². The van der Waals surface area contributed by atoms with E-state index in [0.29, 0.717) is 6.42 Å². The number of hydrogen-bond donors (Lipinski definition) is 1. The van der Waals surface area contributed by atoms with E-state index in [9.17, 15) is 8.42 Å². The summed E-state index contributed by atoms with van der Waals surface area (Å²) >= 11 is 0. The molecule has 0 radical (unpaired) electrons. The van der Waals surface area contributed by atoms with Crippen molar-refractivity contribution in [2.45, 2.75) is 97.3 Å². The summed E-state index contributed by atoms with van der Waals surface area (Å²) < 4.78 is 33.4. The van der Waals surface area contributed by atoms with Gasteiger partial charge in [-0.25, -0.2) is 0 Å². The number of likely N-dealkylation sites (N-methyl/N-ethyl adjacent to an activating group) is 2. The molecule has 0 aliphatic carbocycles. The standard InChI is InChI=1S/C24H53N2O3S/c1-6-8-10-12-14-16-19-25(3,4)22-23-26(5,21-18-24-30(27,28)29)20-17-15-13-11-9-7-2/h6-24H2,1-5H3/q+1/p+1. The lowest BCUT2D eigenvalue weighted by atomic mass is 10.1. The maximum Gasteiger partial charge on any atom is 0.265 e. The van der Waals surface area contributed by atoms with Gasteiger partial charge in [0.1, 0.15) is 13.1 Å². The van der Waals surface area contributed by atoms with Crippen molar-refractivity contribution in [2.75, 3.05) is 59.6 Å². The van der Waals surface area contributed by atoms with Crippen LogP contribution in [0.1, 0.15) is 97.3 Å². The van der Waals surface area contributed by atoms with Gasteiger partial charge in [0, 0.05) is 6.42 Å². The lowest BCUT2D eigenvalue weighted by Gasteiger charge is -2.38. The van der Waals surface area contributed by atoms with E-state index in [0.717, 1.165) is 35.1 Å². The predicted molar refractivity (Wildman–Crippen MR) is 130 cm³/mol. The van der Waals surface area contributed by atoms with Crippen molar-refractivity contribution < 1.29 is 21.9 Å². The molecule has 182 valence electrons. The Morgan fingerprint density at radius 3 is 1.50 bits per heavy atom. The molecular formula is C24H54N2O3S+2. The van der Waals surface area contributed by atoms with Crippen LogP contribution < -0.4 is 0 Å². The molecule has 0 aromatic rings. The molecule has 1 unspecified atom stereocenters. The summed E-state index contributed by atoms with van der Waals surface area (Å²) in [6.07, 6.45) is 16.2. The molecule has 0 fully saturated rings. The Kier molecular flexibility index (Phi) is 16.4. The van der Waals surface area contributed by atoms with E-state index in [2.05, 4.69) is 35.0 Å². The molecule has 0 bridgehead atoms. The van der Waals surface area contributed by atoms with Crippen LogP contribution in [0.3, 0.4) is 0 Å². The third-order valence-electron chi connectivity index (χ3n) is 6.51. The Hall–Kier alpha value is -0.170. The highest BCUT2D eigenvalue weighted by molar-refractivity contribution is 7.85. The van der Waals surface area contributed by atoms with E-state index in [-0.39, 0.29) is 5.75 Å². The molecule has 30 heavy (non-hydrogen) atoms. The van der Waals surface area contributed by atoms with Gasteiger partial charge in [0.05, 0.1) is 46.5 Å². The van der Waals surface area contributed by atoms with Gasteiger partial charge in [-0.2, -0.15) is 8.42 Å². The normalized spacial score (nSPS) is 14.7. The molecule has 0 heterocycles. The van der Waals surface area contributed by atoms with Gasteiger partial charge in [-0.05, 0) is 25.7 Å². The van der Waals surface area contributed by atoms with Crippen molar-refractivity contribution in [1.29, 1.82) is 0 Å². The Morgan fingerprint density at radius 2 is 1.00 bits per heavy atom. The third kappa shape index (κ3) is 18.6. The fraction of sp³-hybridized carbons (Fsp3) is 1.00. The molecule has 1 N–H and O–H groups in total. The number of nitrogens with zero attached hydrogens (tertiary/aromatic N) is 2. The van der Waals surface area contributed by atoms with Gasteiger partial charge in [0.2, 0.25) is 0 Å². The number of unbranched alkanes of at least 4 members (excludes halogenated alkanes) is 10. The summed E-state index contributed by atoms with van der Waals surface area (Å²) in [6, 6.07) is 0. The first-order valence-corrected chi connectivity index (χ1v) is 14.3. The molecule has 1 atom stereocenters. The second-order valence-corrected chi connectivity index (χ2v) is 11.9. The molecule has 0 aliphatic heterocycles. The minimum absolute atomic E-state index is 0.118. The molecule has 0 saturated carbocycles. The van der Waals surface area contributed by atoms with Crippen LogP contribution in [-0.2, 0) is 10.1 Å². The Morgan fingerprint density at radius 1 is 0.567 bits per heavy atom. The maximum absolute atomic E-state index is 11.2. The Bertz CT molecular complexity index is 509. The van der Waals surface area contributed by atoms with Gasteiger partial charge < -0.3 is 8.97 Å². The summed E-state index contributed by atoms with van der Waals surface area (Å²) in [6.45, 7) is 9.84. The zero-order valence-electron chi connectivity index (χ0n) is 21.0. The van der Waals surface area contributed by atoms with Crippen LogP contribution in [0, 0.1) is 0 Å². The van der Waals surface area contributed by atoms with Gasteiger partial charge in [0.25, 0.3) is 10.1 Å². The van der Waals surface area contributed by atoms with Crippen molar-refractivity contribution >= 4 is 10.1 Å². The first-order valence-electron chi connectivity index (χ1n) is 12.6. The van der Waals surface area contributed by atoms with E-state index < -0.39 is 10.1 Å². The average Bonchev–Trinajstić information content (AvgIpc) is 2.65. The predicted octanol–water partition coefficient (Wildman–Crippen LogP) is 5.51. The van der Waals surface area contributed by atoms with Crippen LogP contribution in [0.25, 0.3) is 0 Å². The maximum atomic E-state index is 11.2. The van der Waals surface area contributed by atoms with Crippen LogP contribution in [0.5, 0.6) is 0 Å². The van der Waals surface area contributed by atoms with Crippen molar-refractivity contribution in [3.8, 4) is 0 Å². The smallest absolute Gasteiger partial charge is 0.265 e. The number of rotatable bonds is 21. The molecule has 0 rings (SSSR count). The third-order valence-corrected chi connectivity index (χ3v) is 7.32. The van der Waals surface area contributed by atoms with E-state index in [1.807, 2.05) is 0 Å². The monoisotopic (exact) mass is 450 g/mol. The molecule has 0 amide bonds. The van der Waals surface area contributed by atoms with E-state index in [1.54, 1.807) is 0 Å². The molecule has 0 aliphatic rings. The van der Waals surface area contributed by atoms with Crippen molar-refractivity contribution in [1.82, 2.24) is 0 Å². The Balaban J connectivity index is 4.49. The molecule has 0 aromatic heterocycles. The van der Waals surface area contributed by atoms with Crippen LogP contribution in [0.2, 0.25) is 0 Å². The fourth-order valence-corrected chi connectivity index (χ4v) is 4.68. The van der Waals surface area contributed by atoms with E-state index in [4.69, 9.17) is 4.55 Å². The largest absolute Gasteiger partial charge is 0.324 e. The zero-order valence-corrected chi connectivity index (χ0v) is 21.8. The highest BCUT2D eigenvalue weighted by Crippen LogP contribution is 2.14. The van der Waals surface area contributed by atoms with Gasteiger partial charge >= 0.3 is 0 Å². The SMILES string of the molecule is CCCCCCCC[N+](C)(C)CC[N+](C)(CCCCCCCC)CCCS(=O)(=O)O. The van der Waals surface area contributed by atoms with Gasteiger partial charge in [-0.15, -0.1) is 0 Å². The summed E-state index contributed by atoms with van der Waals surface area (Å²) in [5, 5.41) is 0. The quantitative estimate of drug-likeness (QED) is 0.142. The summed E-state index contributed by atoms with van der Waals surface area (Å²) in [4.78, 5) is 0. The van der Waals surface area contributed by atoms with Crippen molar-refractivity contribution in [3.63, 3.8) is 0 Å². The highest BCUT2D eigenvalue weighted by Gasteiger charge is 2.26. The van der Waals surface area contributed by atoms with E-state index >= 15 is 0 Å². The molecular weight excluding hydrogens is 396 g/mol. The second kappa shape index (κ2) is 16.5. The summed E-state index contributed by atoms with van der Waals surface area (Å²) in [7, 11) is 3.08. The first kappa shape index (κ1) is 29.8.